The van der Waals surface area contributed by atoms with E-state index in [4.69, 9.17) is 5.84 Å². The molecule has 0 radical (unpaired) electrons. The van der Waals surface area contributed by atoms with Gasteiger partial charge in [-0.25, -0.2) is 0 Å². The molecule has 0 aromatic rings. The molecule has 0 amide bonds. The average Bonchev–Trinajstić information content (AvgIpc) is 1.82. The zero-order chi connectivity index (χ0) is 7.28. The summed E-state index contributed by atoms with van der Waals surface area (Å²) in [6.45, 7) is 3.71. The molecular weight excluding hydrogens is 344 g/mol. The second-order valence-electron chi connectivity index (χ2n) is 1.19. The third-order valence-electron chi connectivity index (χ3n) is 0.541. The SMILES string of the molecule is C=C(I)/C(I)=C\NNN. The van der Waals surface area contributed by atoms with Crippen LogP contribution in [0.3, 0.4) is 0 Å². The topological polar surface area (TPSA) is 50.1 Å². The molecule has 0 heterocycles. The van der Waals surface area contributed by atoms with Crippen LogP contribution in [0.25, 0.3) is 0 Å². The summed E-state index contributed by atoms with van der Waals surface area (Å²) in [5.41, 5.74) is 4.90. The van der Waals surface area contributed by atoms with Crippen molar-refractivity contribution >= 4 is 45.2 Å². The van der Waals surface area contributed by atoms with Gasteiger partial charge in [-0.3, -0.25) is 5.84 Å². The zero-order valence-corrected chi connectivity index (χ0v) is 8.93. The standard InChI is InChI=1S/C4H7I2N3/c1-3(5)4(6)2-8-9-7/h2,8-9H,1,7H2/b4-2+. The molecular formula is C4H7I2N3. The maximum atomic E-state index is 4.94. The monoisotopic (exact) mass is 351 g/mol. The Balaban J connectivity index is 3.69. The van der Waals surface area contributed by atoms with Crippen LogP contribution in [0.2, 0.25) is 0 Å². The van der Waals surface area contributed by atoms with E-state index in [0.717, 1.165) is 7.16 Å². The molecule has 0 aromatic heterocycles. The van der Waals surface area contributed by atoms with Crippen molar-refractivity contribution in [2.75, 3.05) is 0 Å². The van der Waals surface area contributed by atoms with Gasteiger partial charge in [0.05, 0.1) is 0 Å². The molecule has 4 N–H and O–H groups in total. The molecule has 5 heteroatoms. The molecule has 0 atom stereocenters. The highest BCUT2D eigenvalue weighted by molar-refractivity contribution is 14.1. The minimum atomic E-state index is 0.982. The third-order valence-corrected chi connectivity index (χ3v) is 3.12. The lowest BCUT2D eigenvalue weighted by Gasteiger charge is -1.96. The molecule has 0 saturated heterocycles. The van der Waals surface area contributed by atoms with Gasteiger partial charge in [0, 0.05) is 13.4 Å². The van der Waals surface area contributed by atoms with Gasteiger partial charge in [-0.05, 0) is 45.2 Å². The van der Waals surface area contributed by atoms with Crippen molar-refractivity contribution in [1.82, 2.24) is 11.0 Å². The van der Waals surface area contributed by atoms with Crippen LogP contribution >= 0.6 is 45.2 Å². The van der Waals surface area contributed by atoms with E-state index in [1.807, 2.05) is 0 Å². The molecule has 52 valence electrons. The highest BCUT2D eigenvalue weighted by Crippen LogP contribution is 2.20. The van der Waals surface area contributed by atoms with Crippen molar-refractivity contribution in [1.29, 1.82) is 0 Å². The summed E-state index contributed by atoms with van der Waals surface area (Å²) in [7, 11) is 0. The summed E-state index contributed by atoms with van der Waals surface area (Å²) in [5.74, 6) is 4.94. The average molecular weight is 351 g/mol. The van der Waals surface area contributed by atoms with Crippen LogP contribution in [0, 0.1) is 0 Å². The second-order valence-corrected chi connectivity index (χ2v) is 3.65. The predicted molar refractivity (Wildman–Crippen MR) is 55.7 cm³/mol. The second kappa shape index (κ2) is 5.45. The number of nitrogens with one attached hydrogen (secondary N) is 2. The van der Waals surface area contributed by atoms with Gasteiger partial charge in [-0.2, -0.15) is 5.53 Å². The maximum absolute atomic E-state index is 4.94. The van der Waals surface area contributed by atoms with E-state index in [9.17, 15) is 0 Å². The van der Waals surface area contributed by atoms with Crippen molar-refractivity contribution in [3.8, 4) is 0 Å². The van der Waals surface area contributed by atoms with Crippen molar-refractivity contribution in [3.05, 3.63) is 19.9 Å². The Kier molecular flexibility index (Phi) is 5.84. The summed E-state index contributed by atoms with van der Waals surface area (Å²) < 4.78 is 2.02. The van der Waals surface area contributed by atoms with Crippen molar-refractivity contribution in [2.24, 2.45) is 5.84 Å². The summed E-state index contributed by atoms with van der Waals surface area (Å²) in [5, 5.41) is 0. The Morgan fingerprint density at radius 3 is 2.44 bits per heavy atom. The van der Waals surface area contributed by atoms with Crippen LogP contribution in [0.4, 0.5) is 0 Å². The fourth-order valence-electron chi connectivity index (χ4n) is 0.183. The number of hydrogen-bond donors (Lipinski definition) is 3. The largest absolute Gasteiger partial charge is 0.315 e. The number of hydrazine groups is 2. The Hall–Kier alpha value is 0.660. The number of nitrogens with two attached hydrogens (primary N) is 1. The van der Waals surface area contributed by atoms with Crippen LogP contribution in [0.1, 0.15) is 0 Å². The van der Waals surface area contributed by atoms with Gasteiger partial charge in [-0.15, -0.1) is 0 Å². The molecule has 0 unspecified atom stereocenters. The molecule has 0 aliphatic rings. The maximum Gasteiger partial charge on any atom is 0.0429 e. The molecule has 9 heavy (non-hydrogen) atoms. The Morgan fingerprint density at radius 2 is 2.11 bits per heavy atom. The predicted octanol–water partition coefficient (Wildman–Crippen LogP) is 1.18. The van der Waals surface area contributed by atoms with E-state index >= 15 is 0 Å². The van der Waals surface area contributed by atoms with Crippen molar-refractivity contribution < 1.29 is 0 Å². The molecule has 3 nitrogen and oxygen atoms in total. The third kappa shape index (κ3) is 5.12. The van der Waals surface area contributed by atoms with Gasteiger partial charge >= 0.3 is 0 Å². The quantitative estimate of drug-likeness (QED) is 0.310. The normalized spacial score (nSPS) is 11.2. The Bertz CT molecular complexity index is 132. The van der Waals surface area contributed by atoms with Gasteiger partial charge < -0.3 is 5.43 Å². The van der Waals surface area contributed by atoms with E-state index in [1.54, 1.807) is 6.20 Å². The van der Waals surface area contributed by atoms with Crippen molar-refractivity contribution in [2.45, 2.75) is 0 Å². The number of allylic oxidation sites excluding steroid dienone is 2. The summed E-state index contributed by atoms with van der Waals surface area (Å²) in [4.78, 5) is 0. The first-order valence-electron chi connectivity index (χ1n) is 2.10. The minimum Gasteiger partial charge on any atom is -0.315 e. The Morgan fingerprint density at radius 1 is 1.56 bits per heavy atom. The summed E-state index contributed by atoms with van der Waals surface area (Å²) in [6, 6.07) is 0. The fraction of sp³-hybridized carbons (Fsp3) is 0. The molecule has 0 saturated carbocycles. The van der Waals surface area contributed by atoms with Gasteiger partial charge in [0.2, 0.25) is 0 Å². The van der Waals surface area contributed by atoms with E-state index in [0.29, 0.717) is 0 Å². The van der Waals surface area contributed by atoms with Crippen molar-refractivity contribution in [3.63, 3.8) is 0 Å². The van der Waals surface area contributed by atoms with Crippen LogP contribution in [0.5, 0.6) is 0 Å². The highest BCUT2D eigenvalue weighted by atomic mass is 127. The lowest BCUT2D eigenvalue weighted by atomic mass is 10.6. The minimum absolute atomic E-state index is 0.982. The van der Waals surface area contributed by atoms with Crippen LogP contribution < -0.4 is 16.8 Å². The smallest absolute Gasteiger partial charge is 0.0429 e. The molecule has 0 fully saturated rings. The molecule has 0 rings (SSSR count). The summed E-state index contributed by atoms with van der Waals surface area (Å²) >= 11 is 4.28. The van der Waals surface area contributed by atoms with E-state index in [2.05, 4.69) is 62.7 Å². The number of rotatable bonds is 3. The molecule has 0 bridgehead atoms. The van der Waals surface area contributed by atoms with Crippen LogP contribution in [-0.2, 0) is 0 Å². The Labute approximate surface area is 81.4 Å². The fourth-order valence-corrected chi connectivity index (χ4v) is 0.495. The number of halogens is 2. The van der Waals surface area contributed by atoms with E-state index < -0.39 is 0 Å². The first-order valence-corrected chi connectivity index (χ1v) is 4.26. The van der Waals surface area contributed by atoms with Crippen LogP contribution in [-0.4, -0.2) is 0 Å². The van der Waals surface area contributed by atoms with Crippen LogP contribution in [0.15, 0.2) is 19.9 Å². The molecule has 0 aromatic carbocycles. The van der Waals surface area contributed by atoms with Gasteiger partial charge in [0.25, 0.3) is 0 Å². The highest BCUT2D eigenvalue weighted by Gasteiger charge is 1.89. The molecule has 0 aliphatic carbocycles. The first kappa shape index (κ1) is 9.66. The zero-order valence-electron chi connectivity index (χ0n) is 4.62. The van der Waals surface area contributed by atoms with Gasteiger partial charge in [-0.1, -0.05) is 6.58 Å². The van der Waals surface area contributed by atoms with E-state index in [-0.39, 0.29) is 0 Å². The summed E-state index contributed by atoms with van der Waals surface area (Å²) in [6.07, 6.45) is 1.73. The van der Waals surface area contributed by atoms with E-state index in [1.165, 1.54) is 0 Å². The van der Waals surface area contributed by atoms with Gasteiger partial charge in [0.1, 0.15) is 0 Å². The number of hydrogen-bond acceptors (Lipinski definition) is 3. The lowest BCUT2D eigenvalue weighted by Crippen LogP contribution is -2.33. The molecule has 0 spiro atoms. The first-order chi connectivity index (χ1) is 4.18. The molecule has 0 aliphatic heterocycles. The van der Waals surface area contributed by atoms with Gasteiger partial charge in [0.15, 0.2) is 0 Å². The lowest BCUT2D eigenvalue weighted by molar-refractivity contribution is 0.664.